The molecule has 0 bridgehead atoms. The van der Waals surface area contributed by atoms with E-state index in [0.717, 1.165) is 29.1 Å². The van der Waals surface area contributed by atoms with Crippen LogP contribution in [-0.2, 0) is 13.1 Å². The molecule has 0 fully saturated rings. The van der Waals surface area contributed by atoms with E-state index < -0.39 is 0 Å². The van der Waals surface area contributed by atoms with Gasteiger partial charge < -0.3 is 15.4 Å². The van der Waals surface area contributed by atoms with E-state index in [0.29, 0.717) is 13.1 Å². The molecule has 0 saturated carbocycles. The second kappa shape index (κ2) is 7.09. The lowest BCUT2D eigenvalue weighted by atomic mass is 10.1. The summed E-state index contributed by atoms with van der Waals surface area (Å²) in [7, 11) is 1.65. The quantitative estimate of drug-likeness (QED) is 0.886. The Morgan fingerprint density at radius 2 is 2.00 bits per heavy atom. The van der Waals surface area contributed by atoms with Gasteiger partial charge in [0.25, 0.3) is 0 Å². The predicted molar refractivity (Wildman–Crippen MR) is 84.0 cm³/mol. The molecule has 3 nitrogen and oxygen atoms in total. The zero-order valence-corrected chi connectivity index (χ0v) is 12.5. The molecule has 0 atom stereocenters. The number of nitrogens with two attached hydrogens (primary N) is 1. The number of methoxy groups -OCH3 is 1. The van der Waals surface area contributed by atoms with Crippen LogP contribution in [0, 0.1) is 5.82 Å². The van der Waals surface area contributed by atoms with Crippen LogP contribution in [0.5, 0.6) is 5.75 Å². The lowest BCUT2D eigenvalue weighted by molar-refractivity contribution is 0.409. The SMILES string of the molecule is CCN(Cc1cc(CN)ccc1OC)c1cccc(F)c1. The van der Waals surface area contributed by atoms with Crippen molar-refractivity contribution in [3.8, 4) is 5.75 Å². The van der Waals surface area contributed by atoms with Crippen molar-refractivity contribution < 1.29 is 9.13 Å². The smallest absolute Gasteiger partial charge is 0.125 e. The molecule has 2 aromatic rings. The molecule has 0 spiro atoms. The van der Waals surface area contributed by atoms with E-state index in [1.165, 1.54) is 6.07 Å². The van der Waals surface area contributed by atoms with Crippen LogP contribution in [0.15, 0.2) is 42.5 Å². The van der Waals surface area contributed by atoms with Gasteiger partial charge in [-0.15, -0.1) is 0 Å². The maximum absolute atomic E-state index is 13.4. The first-order valence-corrected chi connectivity index (χ1v) is 7.04. The molecule has 2 rings (SSSR count). The zero-order chi connectivity index (χ0) is 15.2. The Balaban J connectivity index is 2.29. The topological polar surface area (TPSA) is 38.5 Å². The summed E-state index contributed by atoms with van der Waals surface area (Å²) in [4.78, 5) is 2.10. The highest BCUT2D eigenvalue weighted by Gasteiger charge is 2.10. The lowest BCUT2D eigenvalue weighted by Gasteiger charge is -2.24. The summed E-state index contributed by atoms with van der Waals surface area (Å²) in [6, 6.07) is 12.6. The van der Waals surface area contributed by atoms with Gasteiger partial charge in [-0.2, -0.15) is 0 Å². The van der Waals surface area contributed by atoms with Crippen LogP contribution >= 0.6 is 0 Å². The normalized spacial score (nSPS) is 10.5. The standard InChI is InChI=1S/C17H21FN2O/c1-3-20(16-6-4-5-15(18)10-16)12-14-9-13(11-19)7-8-17(14)21-2/h4-10H,3,11-12,19H2,1-2H3. The Morgan fingerprint density at radius 1 is 1.19 bits per heavy atom. The highest BCUT2D eigenvalue weighted by molar-refractivity contribution is 5.49. The average Bonchev–Trinajstić information content (AvgIpc) is 2.52. The Morgan fingerprint density at radius 3 is 2.62 bits per heavy atom. The van der Waals surface area contributed by atoms with E-state index in [1.807, 2.05) is 31.2 Å². The fourth-order valence-electron chi connectivity index (χ4n) is 2.35. The number of nitrogens with zero attached hydrogens (tertiary/aromatic N) is 1. The number of halogens is 1. The third kappa shape index (κ3) is 3.73. The largest absolute Gasteiger partial charge is 0.496 e. The van der Waals surface area contributed by atoms with Crippen molar-refractivity contribution in [2.75, 3.05) is 18.6 Å². The van der Waals surface area contributed by atoms with E-state index in [9.17, 15) is 4.39 Å². The Bertz CT molecular complexity index is 601. The summed E-state index contributed by atoms with van der Waals surface area (Å²) < 4.78 is 18.8. The van der Waals surface area contributed by atoms with Crippen molar-refractivity contribution in [3.63, 3.8) is 0 Å². The number of anilines is 1. The Kier molecular flexibility index (Phi) is 5.17. The first-order chi connectivity index (χ1) is 10.2. The van der Waals surface area contributed by atoms with E-state index in [-0.39, 0.29) is 5.82 Å². The average molecular weight is 288 g/mol. The number of rotatable bonds is 6. The fourth-order valence-corrected chi connectivity index (χ4v) is 2.35. The number of ether oxygens (including phenoxy) is 1. The van der Waals surface area contributed by atoms with Crippen molar-refractivity contribution in [3.05, 3.63) is 59.4 Å². The van der Waals surface area contributed by atoms with E-state index in [1.54, 1.807) is 19.2 Å². The van der Waals surface area contributed by atoms with Gasteiger partial charge in [-0.3, -0.25) is 0 Å². The third-order valence-corrected chi connectivity index (χ3v) is 3.50. The molecule has 0 saturated heterocycles. The molecule has 4 heteroatoms. The van der Waals surface area contributed by atoms with Crippen molar-refractivity contribution in [2.45, 2.75) is 20.0 Å². The minimum atomic E-state index is -0.228. The molecule has 0 heterocycles. The van der Waals surface area contributed by atoms with Crippen molar-refractivity contribution in [1.29, 1.82) is 0 Å². The Hall–Kier alpha value is -2.07. The minimum absolute atomic E-state index is 0.228. The fraction of sp³-hybridized carbons (Fsp3) is 0.294. The van der Waals surface area contributed by atoms with E-state index in [2.05, 4.69) is 4.90 Å². The molecular weight excluding hydrogens is 267 g/mol. The monoisotopic (exact) mass is 288 g/mol. The summed E-state index contributed by atoms with van der Waals surface area (Å²) in [5.74, 6) is 0.593. The lowest BCUT2D eigenvalue weighted by Crippen LogP contribution is -2.22. The van der Waals surface area contributed by atoms with Gasteiger partial charge in [0.05, 0.1) is 7.11 Å². The summed E-state index contributed by atoms with van der Waals surface area (Å²) >= 11 is 0. The van der Waals surface area contributed by atoms with Crippen LogP contribution < -0.4 is 15.4 Å². The van der Waals surface area contributed by atoms with Crippen LogP contribution in [0.1, 0.15) is 18.1 Å². The molecule has 2 aromatic carbocycles. The van der Waals surface area contributed by atoms with Crippen LogP contribution in [0.25, 0.3) is 0 Å². The summed E-state index contributed by atoms with van der Waals surface area (Å²) in [6.07, 6.45) is 0. The van der Waals surface area contributed by atoms with Crippen molar-refractivity contribution >= 4 is 5.69 Å². The molecule has 0 aliphatic carbocycles. The second-order valence-corrected chi connectivity index (χ2v) is 4.84. The summed E-state index contributed by atoms with van der Waals surface area (Å²) in [5.41, 5.74) is 8.66. The van der Waals surface area contributed by atoms with E-state index in [4.69, 9.17) is 10.5 Å². The highest BCUT2D eigenvalue weighted by atomic mass is 19.1. The van der Waals surface area contributed by atoms with Gasteiger partial charge in [0.1, 0.15) is 11.6 Å². The predicted octanol–water partition coefficient (Wildman–Crippen LogP) is 3.32. The maximum atomic E-state index is 13.4. The number of hydrogen-bond donors (Lipinski definition) is 1. The molecule has 21 heavy (non-hydrogen) atoms. The summed E-state index contributed by atoms with van der Waals surface area (Å²) in [6.45, 7) is 3.96. The van der Waals surface area contributed by atoms with Gasteiger partial charge in [-0.1, -0.05) is 12.1 Å². The third-order valence-electron chi connectivity index (χ3n) is 3.50. The molecule has 0 aliphatic heterocycles. The molecule has 0 radical (unpaired) electrons. The number of hydrogen-bond acceptors (Lipinski definition) is 3. The van der Waals surface area contributed by atoms with Gasteiger partial charge >= 0.3 is 0 Å². The molecule has 112 valence electrons. The van der Waals surface area contributed by atoms with Gasteiger partial charge in [0, 0.05) is 30.9 Å². The first kappa shape index (κ1) is 15.3. The first-order valence-electron chi connectivity index (χ1n) is 7.04. The van der Waals surface area contributed by atoms with Crippen molar-refractivity contribution in [2.24, 2.45) is 5.73 Å². The van der Waals surface area contributed by atoms with Crippen molar-refractivity contribution in [1.82, 2.24) is 0 Å². The van der Waals surface area contributed by atoms with Gasteiger partial charge in [-0.25, -0.2) is 4.39 Å². The molecular formula is C17H21FN2O. The zero-order valence-electron chi connectivity index (χ0n) is 12.5. The van der Waals surface area contributed by atoms with Gasteiger partial charge in [0.2, 0.25) is 0 Å². The van der Waals surface area contributed by atoms with Crippen LogP contribution in [0.2, 0.25) is 0 Å². The molecule has 2 N–H and O–H groups in total. The van der Waals surface area contributed by atoms with Crippen LogP contribution in [0.3, 0.4) is 0 Å². The van der Waals surface area contributed by atoms with Crippen LogP contribution in [0.4, 0.5) is 10.1 Å². The molecule has 0 aromatic heterocycles. The van der Waals surface area contributed by atoms with Gasteiger partial charge in [0.15, 0.2) is 0 Å². The molecule has 0 aliphatic rings. The molecule has 0 amide bonds. The minimum Gasteiger partial charge on any atom is -0.496 e. The summed E-state index contributed by atoms with van der Waals surface area (Å²) in [5, 5.41) is 0. The Labute approximate surface area is 125 Å². The van der Waals surface area contributed by atoms with Crippen LogP contribution in [-0.4, -0.2) is 13.7 Å². The van der Waals surface area contributed by atoms with E-state index >= 15 is 0 Å². The second-order valence-electron chi connectivity index (χ2n) is 4.84. The maximum Gasteiger partial charge on any atom is 0.125 e. The highest BCUT2D eigenvalue weighted by Crippen LogP contribution is 2.24. The number of benzene rings is 2. The van der Waals surface area contributed by atoms with Gasteiger partial charge in [-0.05, 0) is 42.8 Å². The molecule has 0 unspecified atom stereocenters.